The molecule has 1 unspecified atom stereocenters. The number of fused-ring (bicyclic) bond motifs is 1. The van der Waals surface area contributed by atoms with Crippen LogP contribution in [0.4, 0.5) is 0 Å². The van der Waals surface area contributed by atoms with Crippen molar-refractivity contribution in [2.45, 2.75) is 13.0 Å². The molecule has 0 bridgehead atoms. The largest absolute Gasteiger partial charge is 0.318 e. The fourth-order valence-electron chi connectivity index (χ4n) is 1.83. The summed E-state index contributed by atoms with van der Waals surface area (Å²) >= 11 is 3.37. The predicted molar refractivity (Wildman–Crippen MR) is 74.7 cm³/mol. The van der Waals surface area contributed by atoms with Gasteiger partial charge in [-0.1, -0.05) is 18.2 Å². The SMILES string of the molecule is Cc1cccc2sc(C(N)c3cccs3)nc12. The molecule has 3 aromatic rings. The number of aryl methyl sites for hydroxylation is 1. The molecule has 0 saturated heterocycles. The minimum Gasteiger partial charge on any atom is -0.318 e. The number of rotatable bonds is 2. The third-order valence-electron chi connectivity index (χ3n) is 2.75. The van der Waals surface area contributed by atoms with Gasteiger partial charge < -0.3 is 5.73 Å². The molecule has 2 N–H and O–H groups in total. The Morgan fingerprint density at radius 3 is 2.82 bits per heavy atom. The zero-order chi connectivity index (χ0) is 11.8. The molecule has 0 amide bonds. The van der Waals surface area contributed by atoms with Crippen LogP contribution in [0.25, 0.3) is 10.2 Å². The Morgan fingerprint density at radius 1 is 1.24 bits per heavy atom. The molecule has 3 rings (SSSR count). The van der Waals surface area contributed by atoms with Crippen LogP contribution in [0.1, 0.15) is 21.5 Å². The Kier molecular flexibility index (Phi) is 2.70. The fourth-order valence-corrected chi connectivity index (χ4v) is 3.70. The number of nitrogens with zero attached hydrogens (tertiary/aromatic N) is 1. The lowest BCUT2D eigenvalue weighted by Gasteiger charge is -2.03. The Balaban J connectivity index is 2.10. The van der Waals surface area contributed by atoms with Gasteiger partial charge in [-0.15, -0.1) is 22.7 Å². The first-order valence-corrected chi connectivity index (χ1v) is 7.10. The van der Waals surface area contributed by atoms with Gasteiger partial charge in [-0.25, -0.2) is 4.98 Å². The smallest absolute Gasteiger partial charge is 0.116 e. The molecule has 17 heavy (non-hydrogen) atoms. The summed E-state index contributed by atoms with van der Waals surface area (Å²) < 4.78 is 1.21. The molecular weight excluding hydrogens is 248 g/mol. The fraction of sp³-hybridized carbons (Fsp3) is 0.154. The van der Waals surface area contributed by atoms with E-state index < -0.39 is 0 Å². The third kappa shape index (κ3) is 1.88. The van der Waals surface area contributed by atoms with Crippen LogP contribution in [0.15, 0.2) is 35.7 Å². The number of benzene rings is 1. The minimum absolute atomic E-state index is 0.0909. The lowest BCUT2D eigenvalue weighted by atomic mass is 10.2. The second-order valence-electron chi connectivity index (χ2n) is 3.97. The highest BCUT2D eigenvalue weighted by atomic mass is 32.1. The molecule has 4 heteroatoms. The van der Waals surface area contributed by atoms with Crippen molar-refractivity contribution in [2.24, 2.45) is 5.73 Å². The molecular formula is C13H12N2S2. The van der Waals surface area contributed by atoms with E-state index in [-0.39, 0.29) is 6.04 Å². The summed E-state index contributed by atoms with van der Waals surface area (Å²) in [5.41, 5.74) is 8.53. The number of hydrogen-bond donors (Lipinski definition) is 1. The van der Waals surface area contributed by atoms with E-state index in [9.17, 15) is 0 Å². The molecule has 0 spiro atoms. The Hall–Kier alpha value is -1.23. The lowest BCUT2D eigenvalue weighted by Crippen LogP contribution is -2.09. The standard InChI is InChI=1S/C13H12N2S2/c1-8-4-2-5-10-12(8)15-13(17-10)11(14)9-6-3-7-16-9/h2-7,11H,14H2,1H3. The maximum atomic E-state index is 6.23. The second kappa shape index (κ2) is 4.22. The molecule has 2 aromatic heterocycles. The zero-order valence-electron chi connectivity index (χ0n) is 9.38. The van der Waals surface area contributed by atoms with Crippen molar-refractivity contribution < 1.29 is 0 Å². The van der Waals surface area contributed by atoms with E-state index in [1.807, 2.05) is 11.4 Å². The van der Waals surface area contributed by atoms with Crippen LogP contribution in [0, 0.1) is 6.92 Å². The van der Waals surface area contributed by atoms with Crippen molar-refractivity contribution in [1.82, 2.24) is 4.98 Å². The van der Waals surface area contributed by atoms with Crippen LogP contribution in [0.2, 0.25) is 0 Å². The average molecular weight is 260 g/mol. The number of aromatic nitrogens is 1. The second-order valence-corrected chi connectivity index (χ2v) is 6.01. The molecule has 0 aliphatic carbocycles. The zero-order valence-corrected chi connectivity index (χ0v) is 11.0. The van der Waals surface area contributed by atoms with Crippen molar-refractivity contribution >= 4 is 32.9 Å². The van der Waals surface area contributed by atoms with Gasteiger partial charge in [0.25, 0.3) is 0 Å². The summed E-state index contributed by atoms with van der Waals surface area (Å²) in [6, 6.07) is 10.3. The van der Waals surface area contributed by atoms with E-state index in [1.54, 1.807) is 22.7 Å². The van der Waals surface area contributed by atoms with Gasteiger partial charge in [-0.3, -0.25) is 0 Å². The molecule has 1 aromatic carbocycles. The molecule has 0 saturated carbocycles. The first-order chi connectivity index (χ1) is 8.25. The quantitative estimate of drug-likeness (QED) is 0.762. The van der Waals surface area contributed by atoms with Crippen LogP contribution in [-0.4, -0.2) is 4.98 Å². The molecule has 0 aliphatic heterocycles. The van der Waals surface area contributed by atoms with Gasteiger partial charge in [0.2, 0.25) is 0 Å². The summed E-state index contributed by atoms with van der Waals surface area (Å²) in [6.45, 7) is 2.09. The van der Waals surface area contributed by atoms with Gasteiger partial charge in [0.05, 0.1) is 16.3 Å². The number of para-hydroxylation sites is 1. The number of thiazole rings is 1. The van der Waals surface area contributed by atoms with Crippen LogP contribution in [-0.2, 0) is 0 Å². The summed E-state index contributed by atoms with van der Waals surface area (Å²) in [6.07, 6.45) is 0. The van der Waals surface area contributed by atoms with E-state index >= 15 is 0 Å². The molecule has 0 aliphatic rings. The Labute approximate surface area is 108 Å². The van der Waals surface area contributed by atoms with Crippen LogP contribution in [0.3, 0.4) is 0 Å². The van der Waals surface area contributed by atoms with Gasteiger partial charge in [-0.05, 0) is 30.0 Å². The average Bonchev–Trinajstić information content (AvgIpc) is 2.98. The van der Waals surface area contributed by atoms with E-state index in [1.165, 1.54) is 15.1 Å². The molecule has 2 heterocycles. The van der Waals surface area contributed by atoms with E-state index in [4.69, 9.17) is 5.73 Å². The topological polar surface area (TPSA) is 38.9 Å². The Bertz CT molecular complexity index is 641. The highest BCUT2D eigenvalue weighted by Crippen LogP contribution is 2.31. The normalized spacial score (nSPS) is 13.1. The van der Waals surface area contributed by atoms with Crippen molar-refractivity contribution in [2.75, 3.05) is 0 Å². The minimum atomic E-state index is -0.0909. The molecule has 0 fully saturated rings. The summed E-state index contributed by atoms with van der Waals surface area (Å²) in [4.78, 5) is 5.84. The first kappa shape index (κ1) is 10.9. The molecule has 0 radical (unpaired) electrons. The van der Waals surface area contributed by atoms with Crippen molar-refractivity contribution in [3.05, 3.63) is 51.2 Å². The van der Waals surface area contributed by atoms with Gasteiger partial charge in [0, 0.05) is 4.88 Å². The maximum Gasteiger partial charge on any atom is 0.116 e. The van der Waals surface area contributed by atoms with Crippen LogP contribution < -0.4 is 5.73 Å². The van der Waals surface area contributed by atoms with Crippen molar-refractivity contribution in [3.63, 3.8) is 0 Å². The van der Waals surface area contributed by atoms with Crippen molar-refractivity contribution in [1.29, 1.82) is 0 Å². The highest BCUT2D eigenvalue weighted by Gasteiger charge is 2.15. The molecule has 86 valence electrons. The predicted octanol–water partition coefficient (Wildman–Crippen LogP) is 3.71. The van der Waals surface area contributed by atoms with E-state index in [0.29, 0.717) is 0 Å². The maximum absolute atomic E-state index is 6.23. The summed E-state index contributed by atoms with van der Waals surface area (Å²) in [7, 11) is 0. The van der Waals surface area contributed by atoms with E-state index in [0.717, 1.165) is 10.5 Å². The monoisotopic (exact) mass is 260 g/mol. The van der Waals surface area contributed by atoms with Crippen LogP contribution >= 0.6 is 22.7 Å². The molecule has 2 nitrogen and oxygen atoms in total. The number of thiophene rings is 1. The third-order valence-corrected chi connectivity index (χ3v) is 4.81. The lowest BCUT2D eigenvalue weighted by molar-refractivity contribution is 0.882. The molecule has 1 atom stereocenters. The first-order valence-electron chi connectivity index (χ1n) is 5.41. The van der Waals surface area contributed by atoms with Gasteiger partial charge >= 0.3 is 0 Å². The van der Waals surface area contributed by atoms with Crippen LogP contribution in [0.5, 0.6) is 0 Å². The Morgan fingerprint density at radius 2 is 2.12 bits per heavy atom. The van der Waals surface area contributed by atoms with Gasteiger partial charge in [-0.2, -0.15) is 0 Å². The highest BCUT2D eigenvalue weighted by molar-refractivity contribution is 7.18. The van der Waals surface area contributed by atoms with E-state index in [2.05, 4.69) is 36.2 Å². The summed E-state index contributed by atoms with van der Waals surface area (Å²) in [5.74, 6) is 0. The number of nitrogens with two attached hydrogens (primary N) is 1. The van der Waals surface area contributed by atoms with Gasteiger partial charge in [0.15, 0.2) is 0 Å². The van der Waals surface area contributed by atoms with Crippen molar-refractivity contribution in [3.8, 4) is 0 Å². The van der Waals surface area contributed by atoms with Gasteiger partial charge in [0.1, 0.15) is 5.01 Å². The summed E-state index contributed by atoms with van der Waals surface area (Å²) in [5, 5.41) is 3.05. The number of hydrogen-bond acceptors (Lipinski definition) is 4.